The largest absolute Gasteiger partial charge is 0.269 e. The van der Waals surface area contributed by atoms with Gasteiger partial charge in [0.05, 0.1) is 24.4 Å². The summed E-state index contributed by atoms with van der Waals surface area (Å²) in [6, 6.07) is 7.14. The first-order valence-corrected chi connectivity index (χ1v) is 8.92. The molecule has 0 radical (unpaired) electrons. The molecule has 1 aromatic rings. The van der Waals surface area contributed by atoms with Crippen LogP contribution in [0, 0.1) is 6.92 Å². The third-order valence-corrected chi connectivity index (χ3v) is 4.36. The molecule has 0 unspecified atom stereocenters. The fourth-order valence-corrected chi connectivity index (χ4v) is 3.00. The molecule has 1 aromatic carbocycles. The van der Waals surface area contributed by atoms with Crippen LogP contribution in [0.15, 0.2) is 24.3 Å². The molecule has 0 aliphatic rings. The van der Waals surface area contributed by atoms with E-state index in [1.54, 1.807) is 12.1 Å². The molecule has 0 atom stereocenters. The number of rotatable bonds is 6. The smallest absolute Gasteiger partial charge is 0.264 e. The molecule has 0 amide bonds. The van der Waals surface area contributed by atoms with E-state index in [-0.39, 0.29) is 18.1 Å². The molecule has 0 aliphatic carbocycles. The lowest BCUT2D eigenvalue weighted by Crippen LogP contribution is -2.16. The summed E-state index contributed by atoms with van der Waals surface area (Å²) in [5.41, 5.74) is 1.73. The molecule has 7 heteroatoms. The van der Waals surface area contributed by atoms with Gasteiger partial charge in [-0.05, 0) is 12.5 Å². The summed E-state index contributed by atoms with van der Waals surface area (Å²) in [7, 11) is -6.95. The fourth-order valence-electron chi connectivity index (χ4n) is 1.32. The van der Waals surface area contributed by atoms with Gasteiger partial charge in [-0.3, -0.25) is 4.18 Å². The van der Waals surface area contributed by atoms with Crippen LogP contribution >= 0.6 is 0 Å². The Balaban J connectivity index is 2.57. The minimum absolute atomic E-state index is 0.111. The van der Waals surface area contributed by atoms with E-state index in [2.05, 4.69) is 4.18 Å². The summed E-state index contributed by atoms with van der Waals surface area (Å²) in [6.07, 6.45) is 0.888. The van der Waals surface area contributed by atoms with Crippen molar-refractivity contribution < 1.29 is 21.0 Å². The lowest BCUT2D eigenvalue weighted by atomic mass is 10.2. The van der Waals surface area contributed by atoms with Crippen LogP contribution in [0.25, 0.3) is 0 Å². The predicted molar refractivity (Wildman–Crippen MR) is 69.5 cm³/mol. The van der Waals surface area contributed by atoms with Gasteiger partial charge in [-0.25, -0.2) is 8.42 Å². The molecule has 0 aliphatic heterocycles. The highest BCUT2D eigenvalue weighted by Crippen LogP contribution is 2.08. The van der Waals surface area contributed by atoms with E-state index < -0.39 is 20.0 Å². The Morgan fingerprint density at radius 3 is 2.11 bits per heavy atom. The van der Waals surface area contributed by atoms with Crippen molar-refractivity contribution in [3.05, 3.63) is 35.4 Å². The van der Waals surface area contributed by atoms with Crippen molar-refractivity contribution in [3.63, 3.8) is 0 Å². The van der Waals surface area contributed by atoms with Gasteiger partial charge in [0.2, 0.25) is 0 Å². The van der Waals surface area contributed by atoms with Crippen molar-refractivity contribution in [2.75, 3.05) is 18.6 Å². The molecule has 0 aromatic heterocycles. The average Bonchev–Trinajstić information content (AvgIpc) is 2.18. The number of benzene rings is 1. The standard InChI is InChI=1S/C11H16O5S2/c1-10-3-5-11(6-4-10)9-18(14,15)8-7-16-17(2,12)13/h3-6H,7-9H2,1-2H3. The molecule has 0 heterocycles. The molecule has 102 valence electrons. The molecular weight excluding hydrogens is 276 g/mol. The van der Waals surface area contributed by atoms with Crippen LogP contribution in [-0.4, -0.2) is 35.5 Å². The highest BCUT2D eigenvalue weighted by molar-refractivity contribution is 7.90. The Bertz CT molecular complexity index is 585. The van der Waals surface area contributed by atoms with Crippen LogP contribution in [0.5, 0.6) is 0 Å². The molecule has 0 saturated heterocycles. The number of hydrogen-bond donors (Lipinski definition) is 0. The molecule has 1 rings (SSSR count). The van der Waals surface area contributed by atoms with Gasteiger partial charge in [-0.15, -0.1) is 0 Å². The van der Waals surface area contributed by atoms with Crippen LogP contribution < -0.4 is 0 Å². The average molecular weight is 292 g/mol. The molecule has 0 fully saturated rings. The van der Waals surface area contributed by atoms with Crippen molar-refractivity contribution in [2.45, 2.75) is 12.7 Å². The first-order valence-electron chi connectivity index (χ1n) is 5.28. The lowest BCUT2D eigenvalue weighted by Gasteiger charge is -2.05. The molecular formula is C11H16O5S2. The highest BCUT2D eigenvalue weighted by atomic mass is 32.2. The van der Waals surface area contributed by atoms with Crippen LogP contribution in [0.4, 0.5) is 0 Å². The molecule has 5 nitrogen and oxygen atoms in total. The summed E-state index contributed by atoms with van der Waals surface area (Å²) >= 11 is 0. The molecule has 0 saturated carbocycles. The van der Waals surface area contributed by atoms with Gasteiger partial charge in [0.25, 0.3) is 10.1 Å². The summed E-state index contributed by atoms with van der Waals surface area (Å²) in [6.45, 7) is 1.57. The zero-order chi connectivity index (χ0) is 13.8. The number of hydrogen-bond acceptors (Lipinski definition) is 5. The topological polar surface area (TPSA) is 77.5 Å². The number of aryl methyl sites for hydroxylation is 1. The maximum atomic E-state index is 11.7. The van der Waals surface area contributed by atoms with Gasteiger partial charge in [-0.2, -0.15) is 8.42 Å². The maximum Gasteiger partial charge on any atom is 0.264 e. The van der Waals surface area contributed by atoms with E-state index in [0.717, 1.165) is 11.8 Å². The van der Waals surface area contributed by atoms with Gasteiger partial charge < -0.3 is 0 Å². The Hall–Kier alpha value is -0.920. The third kappa shape index (κ3) is 6.13. The van der Waals surface area contributed by atoms with Crippen molar-refractivity contribution in [1.82, 2.24) is 0 Å². The summed E-state index contributed by atoms with van der Waals surface area (Å²) in [5.74, 6) is -0.422. The van der Waals surface area contributed by atoms with Crippen molar-refractivity contribution in [2.24, 2.45) is 0 Å². The second kappa shape index (κ2) is 5.81. The van der Waals surface area contributed by atoms with Gasteiger partial charge in [0.1, 0.15) is 0 Å². The predicted octanol–water partition coefficient (Wildman–Crippen LogP) is 0.886. The minimum atomic E-state index is -3.59. The summed E-state index contributed by atoms with van der Waals surface area (Å²) in [5, 5.41) is 0. The normalized spacial score (nSPS) is 12.6. The Morgan fingerprint density at radius 2 is 1.61 bits per heavy atom. The van der Waals surface area contributed by atoms with E-state index >= 15 is 0 Å². The lowest BCUT2D eigenvalue weighted by molar-refractivity contribution is 0.343. The van der Waals surface area contributed by atoms with E-state index in [1.165, 1.54) is 0 Å². The van der Waals surface area contributed by atoms with Crippen molar-refractivity contribution >= 4 is 20.0 Å². The van der Waals surface area contributed by atoms with Gasteiger partial charge in [-0.1, -0.05) is 29.8 Å². The zero-order valence-electron chi connectivity index (χ0n) is 10.3. The second-order valence-corrected chi connectivity index (χ2v) is 7.93. The first kappa shape index (κ1) is 15.1. The van der Waals surface area contributed by atoms with Crippen LogP contribution in [-0.2, 0) is 29.9 Å². The van der Waals surface area contributed by atoms with E-state index in [1.807, 2.05) is 19.1 Å². The van der Waals surface area contributed by atoms with Crippen molar-refractivity contribution in [1.29, 1.82) is 0 Å². The highest BCUT2D eigenvalue weighted by Gasteiger charge is 2.13. The van der Waals surface area contributed by atoms with E-state index in [4.69, 9.17) is 0 Å². The minimum Gasteiger partial charge on any atom is -0.269 e. The molecule has 0 N–H and O–H groups in total. The quantitative estimate of drug-likeness (QED) is 0.728. The monoisotopic (exact) mass is 292 g/mol. The van der Waals surface area contributed by atoms with E-state index in [9.17, 15) is 16.8 Å². The number of sulfone groups is 1. The van der Waals surface area contributed by atoms with Crippen LogP contribution in [0.2, 0.25) is 0 Å². The maximum absolute atomic E-state index is 11.7. The van der Waals surface area contributed by atoms with Gasteiger partial charge >= 0.3 is 0 Å². The Kier molecular flexibility index (Phi) is 4.89. The first-order chi connectivity index (χ1) is 8.18. The molecule has 18 heavy (non-hydrogen) atoms. The molecule has 0 bridgehead atoms. The third-order valence-electron chi connectivity index (χ3n) is 2.20. The molecule has 0 spiro atoms. The second-order valence-electron chi connectivity index (χ2n) is 4.10. The Labute approximate surface area is 108 Å². The zero-order valence-corrected chi connectivity index (χ0v) is 11.9. The van der Waals surface area contributed by atoms with Crippen LogP contribution in [0.1, 0.15) is 11.1 Å². The SMILES string of the molecule is Cc1ccc(CS(=O)(=O)CCOS(C)(=O)=O)cc1. The summed E-state index contributed by atoms with van der Waals surface area (Å²) < 4.78 is 49.2. The van der Waals surface area contributed by atoms with Gasteiger partial charge in [0.15, 0.2) is 9.84 Å². The fraction of sp³-hybridized carbons (Fsp3) is 0.455. The summed E-state index contributed by atoms with van der Waals surface area (Å²) in [4.78, 5) is 0. The van der Waals surface area contributed by atoms with Crippen molar-refractivity contribution in [3.8, 4) is 0 Å². The van der Waals surface area contributed by atoms with Crippen LogP contribution in [0.3, 0.4) is 0 Å². The Morgan fingerprint density at radius 1 is 1.06 bits per heavy atom. The van der Waals surface area contributed by atoms with Gasteiger partial charge in [0, 0.05) is 0 Å². The van der Waals surface area contributed by atoms with E-state index in [0.29, 0.717) is 5.56 Å².